The standard InChI is InChI=1S/C16H32O/c1-5-7-8-13-16(6-2)14(3)11-9-10-12-15(4)17/h14,16H,5-13H2,1-4H3. The fourth-order valence-electron chi connectivity index (χ4n) is 2.62. The first-order valence-electron chi connectivity index (χ1n) is 7.61. The number of carbonyl (C=O) groups excluding carboxylic acids is 1. The van der Waals surface area contributed by atoms with Crippen LogP contribution < -0.4 is 0 Å². The molecule has 0 rings (SSSR count). The molecular weight excluding hydrogens is 208 g/mol. The van der Waals surface area contributed by atoms with Crippen molar-refractivity contribution in [2.75, 3.05) is 0 Å². The normalized spacial score (nSPS) is 14.6. The van der Waals surface area contributed by atoms with Crippen LogP contribution in [0, 0.1) is 11.8 Å². The van der Waals surface area contributed by atoms with E-state index in [1.807, 2.05) is 0 Å². The van der Waals surface area contributed by atoms with E-state index in [0.29, 0.717) is 5.78 Å². The highest BCUT2D eigenvalue weighted by Crippen LogP contribution is 2.26. The Bertz CT molecular complexity index is 186. The Morgan fingerprint density at radius 3 is 2.18 bits per heavy atom. The summed E-state index contributed by atoms with van der Waals surface area (Å²) < 4.78 is 0. The zero-order valence-corrected chi connectivity index (χ0v) is 12.4. The highest BCUT2D eigenvalue weighted by Gasteiger charge is 2.14. The lowest BCUT2D eigenvalue weighted by Gasteiger charge is -2.22. The maximum atomic E-state index is 10.9. The van der Waals surface area contributed by atoms with Crippen molar-refractivity contribution in [2.45, 2.75) is 85.5 Å². The molecule has 0 aromatic carbocycles. The molecule has 0 aromatic rings. The summed E-state index contributed by atoms with van der Waals surface area (Å²) in [6.07, 6.45) is 11.2. The minimum atomic E-state index is 0.340. The Kier molecular flexibility index (Phi) is 10.6. The van der Waals surface area contributed by atoms with Gasteiger partial charge in [-0.15, -0.1) is 0 Å². The van der Waals surface area contributed by atoms with E-state index in [0.717, 1.165) is 24.7 Å². The Hall–Kier alpha value is -0.330. The predicted octanol–water partition coefficient (Wildman–Crippen LogP) is 5.38. The molecule has 0 amide bonds. The van der Waals surface area contributed by atoms with Crippen molar-refractivity contribution in [3.05, 3.63) is 0 Å². The van der Waals surface area contributed by atoms with Crippen LogP contribution in [-0.4, -0.2) is 5.78 Å². The van der Waals surface area contributed by atoms with E-state index in [4.69, 9.17) is 0 Å². The molecule has 0 bridgehead atoms. The van der Waals surface area contributed by atoms with Gasteiger partial charge in [-0.25, -0.2) is 0 Å². The maximum Gasteiger partial charge on any atom is 0.129 e. The third-order valence-electron chi connectivity index (χ3n) is 3.95. The van der Waals surface area contributed by atoms with Crippen LogP contribution in [-0.2, 0) is 4.79 Å². The maximum absolute atomic E-state index is 10.9. The summed E-state index contributed by atoms with van der Waals surface area (Å²) in [6.45, 7) is 8.69. The van der Waals surface area contributed by atoms with Crippen LogP contribution in [0.4, 0.5) is 0 Å². The second-order valence-corrected chi connectivity index (χ2v) is 5.59. The lowest BCUT2D eigenvalue weighted by Crippen LogP contribution is -2.11. The first kappa shape index (κ1) is 16.7. The summed E-state index contributed by atoms with van der Waals surface area (Å²) in [5.74, 6) is 2.08. The minimum Gasteiger partial charge on any atom is -0.300 e. The SMILES string of the molecule is CCCCCC(CC)C(C)CCCCC(C)=O. The predicted molar refractivity (Wildman–Crippen MR) is 76.2 cm³/mol. The lowest BCUT2D eigenvalue weighted by molar-refractivity contribution is -0.117. The summed E-state index contributed by atoms with van der Waals surface area (Å²) in [4.78, 5) is 10.9. The number of rotatable bonds is 11. The van der Waals surface area contributed by atoms with Gasteiger partial charge in [0.15, 0.2) is 0 Å². The summed E-state index contributed by atoms with van der Waals surface area (Å²) in [5, 5.41) is 0. The van der Waals surface area contributed by atoms with E-state index < -0.39 is 0 Å². The Morgan fingerprint density at radius 2 is 1.65 bits per heavy atom. The van der Waals surface area contributed by atoms with Crippen LogP contribution in [0.2, 0.25) is 0 Å². The van der Waals surface area contributed by atoms with Gasteiger partial charge in [0.2, 0.25) is 0 Å². The summed E-state index contributed by atoms with van der Waals surface area (Å²) in [7, 11) is 0. The van der Waals surface area contributed by atoms with Gasteiger partial charge in [0.05, 0.1) is 0 Å². The first-order valence-corrected chi connectivity index (χ1v) is 7.61. The second-order valence-electron chi connectivity index (χ2n) is 5.59. The van der Waals surface area contributed by atoms with E-state index >= 15 is 0 Å². The van der Waals surface area contributed by atoms with Crippen molar-refractivity contribution in [2.24, 2.45) is 11.8 Å². The molecule has 0 aliphatic carbocycles. The number of carbonyl (C=O) groups is 1. The van der Waals surface area contributed by atoms with Crippen molar-refractivity contribution in [1.29, 1.82) is 0 Å². The van der Waals surface area contributed by atoms with Crippen LogP contribution in [0.5, 0.6) is 0 Å². The van der Waals surface area contributed by atoms with Gasteiger partial charge in [-0.3, -0.25) is 0 Å². The number of hydrogen-bond donors (Lipinski definition) is 0. The fraction of sp³-hybridized carbons (Fsp3) is 0.938. The minimum absolute atomic E-state index is 0.340. The number of ketones is 1. The van der Waals surface area contributed by atoms with Crippen molar-refractivity contribution in [3.63, 3.8) is 0 Å². The summed E-state index contributed by atoms with van der Waals surface area (Å²) >= 11 is 0. The number of hydrogen-bond acceptors (Lipinski definition) is 1. The van der Waals surface area contributed by atoms with Crippen LogP contribution in [0.25, 0.3) is 0 Å². The third-order valence-corrected chi connectivity index (χ3v) is 3.95. The smallest absolute Gasteiger partial charge is 0.129 e. The molecule has 0 aliphatic rings. The highest BCUT2D eigenvalue weighted by atomic mass is 16.1. The molecule has 2 atom stereocenters. The highest BCUT2D eigenvalue weighted by molar-refractivity contribution is 5.75. The van der Waals surface area contributed by atoms with Gasteiger partial charge in [0.25, 0.3) is 0 Å². The van der Waals surface area contributed by atoms with Crippen molar-refractivity contribution >= 4 is 5.78 Å². The first-order chi connectivity index (χ1) is 8.11. The summed E-state index contributed by atoms with van der Waals surface area (Å²) in [5.41, 5.74) is 0. The van der Waals surface area contributed by atoms with Gasteiger partial charge in [-0.05, 0) is 25.2 Å². The largest absolute Gasteiger partial charge is 0.300 e. The molecule has 1 nitrogen and oxygen atoms in total. The Morgan fingerprint density at radius 1 is 1.00 bits per heavy atom. The van der Waals surface area contributed by atoms with Gasteiger partial charge in [0, 0.05) is 6.42 Å². The van der Waals surface area contributed by atoms with Gasteiger partial charge in [-0.2, -0.15) is 0 Å². The average molecular weight is 240 g/mol. The molecule has 0 aromatic heterocycles. The molecule has 0 spiro atoms. The van der Waals surface area contributed by atoms with Crippen LogP contribution in [0.15, 0.2) is 0 Å². The van der Waals surface area contributed by atoms with E-state index in [-0.39, 0.29) is 0 Å². The molecule has 102 valence electrons. The Labute approximate surface area is 108 Å². The van der Waals surface area contributed by atoms with Crippen LogP contribution in [0.1, 0.15) is 85.5 Å². The van der Waals surface area contributed by atoms with Gasteiger partial charge in [0.1, 0.15) is 5.78 Å². The van der Waals surface area contributed by atoms with Gasteiger partial charge in [-0.1, -0.05) is 65.7 Å². The number of unbranched alkanes of at least 4 members (excludes halogenated alkanes) is 3. The zero-order chi connectivity index (χ0) is 13.1. The van der Waals surface area contributed by atoms with E-state index in [9.17, 15) is 4.79 Å². The molecule has 17 heavy (non-hydrogen) atoms. The van der Waals surface area contributed by atoms with Crippen LogP contribution in [0.3, 0.4) is 0 Å². The lowest BCUT2D eigenvalue weighted by atomic mass is 9.83. The average Bonchev–Trinajstić information content (AvgIpc) is 2.30. The van der Waals surface area contributed by atoms with E-state index in [2.05, 4.69) is 20.8 Å². The molecule has 0 saturated heterocycles. The van der Waals surface area contributed by atoms with Crippen LogP contribution >= 0.6 is 0 Å². The molecule has 0 radical (unpaired) electrons. The molecule has 0 fully saturated rings. The molecule has 0 N–H and O–H groups in total. The molecule has 0 aliphatic heterocycles. The van der Waals surface area contributed by atoms with Gasteiger partial charge < -0.3 is 4.79 Å². The fourth-order valence-corrected chi connectivity index (χ4v) is 2.62. The topological polar surface area (TPSA) is 17.1 Å². The third kappa shape index (κ3) is 9.38. The van der Waals surface area contributed by atoms with Gasteiger partial charge >= 0.3 is 0 Å². The molecule has 0 heterocycles. The Balaban J connectivity index is 3.67. The zero-order valence-electron chi connectivity index (χ0n) is 12.4. The number of Topliss-reactive ketones (excluding diaryl/α,β-unsaturated/α-hetero) is 1. The van der Waals surface area contributed by atoms with E-state index in [1.54, 1.807) is 6.92 Å². The molecule has 1 heteroatoms. The van der Waals surface area contributed by atoms with Crippen molar-refractivity contribution in [3.8, 4) is 0 Å². The summed E-state index contributed by atoms with van der Waals surface area (Å²) in [6, 6.07) is 0. The van der Waals surface area contributed by atoms with Crippen molar-refractivity contribution in [1.82, 2.24) is 0 Å². The van der Waals surface area contributed by atoms with E-state index in [1.165, 1.54) is 44.9 Å². The quantitative estimate of drug-likeness (QED) is 0.443. The molecular formula is C16H32O. The monoisotopic (exact) mass is 240 g/mol. The molecule has 2 unspecified atom stereocenters. The second kappa shape index (κ2) is 10.8. The van der Waals surface area contributed by atoms with Crippen molar-refractivity contribution < 1.29 is 4.79 Å². The molecule has 0 saturated carbocycles.